The Morgan fingerprint density at radius 1 is 1.42 bits per heavy atom. The maximum atomic E-state index is 11.9. The first kappa shape index (κ1) is 10.9. The Kier molecular flexibility index (Phi) is 3.66. The van der Waals surface area contributed by atoms with Crippen molar-refractivity contribution in [2.75, 3.05) is 7.05 Å². The van der Waals surface area contributed by atoms with Crippen LogP contribution in [0.4, 0.5) is 13.2 Å². The summed E-state index contributed by atoms with van der Waals surface area (Å²) in [6.45, 7) is 0.839. The number of alkyl halides is 3. The zero-order valence-corrected chi connectivity index (χ0v) is 6.64. The Morgan fingerprint density at radius 2 is 1.92 bits per heavy atom. The van der Waals surface area contributed by atoms with Gasteiger partial charge in [0.25, 0.3) is 0 Å². The molecule has 2 nitrogen and oxygen atoms in total. The molecule has 0 aliphatic heterocycles. The highest BCUT2D eigenvalue weighted by molar-refractivity contribution is 6.02. The van der Waals surface area contributed by atoms with Gasteiger partial charge in [0.1, 0.15) is 0 Å². The van der Waals surface area contributed by atoms with Crippen molar-refractivity contribution in [3.8, 4) is 0 Å². The predicted octanol–water partition coefficient (Wildman–Crippen LogP) is 1.76. The van der Waals surface area contributed by atoms with Gasteiger partial charge in [-0.15, -0.1) is 0 Å². The second-order valence-corrected chi connectivity index (χ2v) is 2.08. The van der Waals surface area contributed by atoms with E-state index in [1.54, 1.807) is 0 Å². The molecule has 0 saturated heterocycles. The number of allylic oxidation sites excluding steroid dienone is 2. The second-order valence-electron chi connectivity index (χ2n) is 2.08. The molecule has 68 valence electrons. The number of aliphatic imine (C=N–C) groups is 1. The average Bonchev–Trinajstić information content (AvgIpc) is 1.97. The number of carbonyl (C=O) groups is 1. The molecule has 0 aromatic carbocycles. The Morgan fingerprint density at radius 3 is 2.17 bits per heavy atom. The third-order valence-corrected chi connectivity index (χ3v) is 1.25. The Hall–Kier alpha value is -1.13. The summed E-state index contributed by atoms with van der Waals surface area (Å²) in [7, 11) is 1.30. The highest BCUT2D eigenvalue weighted by atomic mass is 19.4. The van der Waals surface area contributed by atoms with Crippen LogP contribution in [0.1, 0.15) is 6.92 Å². The lowest BCUT2D eigenvalue weighted by atomic mass is 10.1. The van der Waals surface area contributed by atoms with Crippen LogP contribution in [0.2, 0.25) is 0 Å². The molecule has 0 amide bonds. The first-order valence-electron chi connectivity index (χ1n) is 3.09. The summed E-state index contributed by atoms with van der Waals surface area (Å²) in [5.41, 5.74) is -1.37. The van der Waals surface area contributed by atoms with Gasteiger partial charge in [0, 0.05) is 24.4 Å². The molecule has 0 atom stereocenters. The topological polar surface area (TPSA) is 29.4 Å². The highest BCUT2D eigenvalue weighted by Crippen LogP contribution is 2.26. The normalized spacial score (nSPS) is 14.8. The van der Waals surface area contributed by atoms with Crippen LogP contribution in [0, 0.1) is 0 Å². The van der Waals surface area contributed by atoms with E-state index in [2.05, 4.69) is 4.99 Å². The molecule has 0 N–H and O–H groups in total. The lowest BCUT2D eigenvalue weighted by Crippen LogP contribution is -2.12. The fourth-order valence-corrected chi connectivity index (χ4v) is 0.518. The van der Waals surface area contributed by atoms with Crippen LogP contribution >= 0.6 is 0 Å². The van der Waals surface area contributed by atoms with Crippen molar-refractivity contribution in [1.29, 1.82) is 0 Å². The van der Waals surface area contributed by atoms with Crippen LogP contribution in [0.5, 0.6) is 0 Å². The van der Waals surface area contributed by atoms with Gasteiger partial charge in [-0.05, 0) is 6.92 Å². The zero-order chi connectivity index (χ0) is 9.78. The minimum Gasteiger partial charge on any atom is -0.298 e. The number of nitrogens with zero attached hydrogens (tertiary/aromatic N) is 1. The van der Waals surface area contributed by atoms with Crippen molar-refractivity contribution in [3.05, 3.63) is 11.1 Å². The highest BCUT2D eigenvalue weighted by Gasteiger charge is 2.32. The number of hydrogen-bond donors (Lipinski definition) is 0. The molecule has 0 saturated carbocycles. The van der Waals surface area contributed by atoms with Gasteiger partial charge in [0.2, 0.25) is 0 Å². The number of halogens is 3. The molecule has 0 aromatic rings. The van der Waals surface area contributed by atoms with Gasteiger partial charge in [0.15, 0.2) is 6.29 Å². The van der Waals surface area contributed by atoms with E-state index in [4.69, 9.17) is 0 Å². The van der Waals surface area contributed by atoms with Crippen molar-refractivity contribution >= 4 is 12.5 Å². The maximum absolute atomic E-state index is 11.9. The molecule has 0 aromatic heterocycles. The van der Waals surface area contributed by atoms with E-state index in [0.717, 1.165) is 13.1 Å². The number of rotatable bonds is 2. The SMILES string of the molecule is C/N=C\C(C=O)=C(/C)C(F)(F)F. The summed E-state index contributed by atoms with van der Waals surface area (Å²) < 4.78 is 35.8. The van der Waals surface area contributed by atoms with Crippen LogP contribution in [-0.4, -0.2) is 25.7 Å². The zero-order valence-electron chi connectivity index (χ0n) is 6.64. The van der Waals surface area contributed by atoms with Gasteiger partial charge in [-0.3, -0.25) is 9.79 Å². The van der Waals surface area contributed by atoms with Crippen LogP contribution in [0.15, 0.2) is 16.1 Å². The van der Waals surface area contributed by atoms with Crippen molar-refractivity contribution in [2.24, 2.45) is 4.99 Å². The molecule has 12 heavy (non-hydrogen) atoms. The summed E-state index contributed by atoms with van der Waals surface area (Å²) in [5, 5.41) is 0. The van der Waals surface area contributed by atoms with E-state index in [1.165, 1.54) is 7.05 Å². The molecule has 0 rings (SSSR count). The van der Waals surface area contributed by atoms with Crippen molar-refractivity contribution in [1.82, 2.24) is 0 Å². The fraction of sp³-hybridized carbons (Fsp3) is 0.429. The molecule has 0 unspecified atom stereocenters. The van der Waals surface area contributed by atoms with E-state index in [9.17, 15) is 18.0 Å². The number of hydrogen-bond acceptors (Lipinski definition) is 2. The monoisotopic (exact) mass is 179 g/mol. The summed E-state index contributed by atoms with van der Waals surface area (Å²) in [6, 6.07) is 0. The van der Waals surface area contributed by atoms with E-state index in [-0.39, 0.29) is 6.29 Å². The predicted molar refractivity (Wildman–Crippen MR) is 39.2 cm³/mol. The summed E-state index contributed by atoms with van der Waals surface area (Å²) in [6.07, 6.45) is -3.44. The average molecular weight is 179 g/mol. The molecule has 0 aliphatic carbocycles. The first-order chi connectivity index (χ1) is 5.43. The van der Waals surface area contributed by atoms with E-state index < -0.39 is 17.3 Å². The lowest BCUT2D eigenvalue weighted by molar-refractivity contribution is -0.107. The third kappa shape index (κ3) is 2.86. The number of carbonyl (C=O) groups excluding carboxylic acids is 1. The quantitative estimate of drug-likeness (QED) is 0.361. The minimum atomic E-state index is -4.46. The Labute approximate surface area is 67.8 Å². The van der Waals surface area contributed by atoms with Gasteiger partial charge >= 0.3 is 6.18 Å². The molecule has 0 heterocycles. The molecule has 0 aliphatic rings. The van der Waals surface area contributed by atoms with Crippen molar-refractivity contribution in [2.45, 2.75) is 13.1 Å². The van der Waals surface area contributed by atoms with Crippen LogP contribution in [0.25, 0.3) is 0 Å². The standard InChI is InChI=1S/C7H8F3NO/c1-5(7(8,9)10)6(4-12)3-11-2/h3-4H,1-2H3/b6-5-,11-3-. The molecule has 0 bridgehead atoms. The summed E-state index contributed by atoms with van der Waals surface area (Å²) >= 11 is 0. The third-order valence-electron chi connectivity index (χ3n) is 1.25. The number of aldehydes is 1. The van der Waals surface area contributed by atoms with Crippen molar-refractivity contribution in [3.63, 3.8) is 0 Å². The molecule has 0 fully saturated rings. The van der Waals surface area contributed by atoms with Crippen molar-refractivity contribution < 1.29 is 18.0 Å². The van der Waals surface area contributed by atoms with Crippen LogP contribution in [-0.2, 0) is 4.79 Å². The van der Waals surface area contributed by atoms with Gasteiger partial charge < -0.3 is 0 Å². The second kappa shape index (κ2) is 4.04. The summed E-state index contributed by atoms with van der Waals surface area (Å²) in [5.74, 6) is 0. The Bertz CT molecular complexity index is 227. The maximum Gasteiger partial charge on any atom is 0.413 e. The largest absolute Gasteiger partial charge is 0.413 e. The first-order valence-corrected chi connectivity index (χ1v) is 3.09. The molecule has 5 heteroatoms. The Balaban J connectivity index is 4.98. The summed E-state index contributed by atoms with van der Waals surface area (Å²) in [4.78, 5) is 13.5. The fourth-order valence-electron chi connectivity index (χ4n) is 0.518. The molecule has 0 radical (unpaired) electrons. The lowest BCUT2D eigenvalue weighted by Gasteiger charge is -2.06. The van der Waals surface area contributed by atoms with Crippen LogP contribution < -0.4 is 0 Å². The van der Waals surface area contributed by atoms with Gasteiger partial charge in [0.05, 0.1) is 0 Å². The smallest absolute Gasteiger partial charge is 0.298 e. The van der Waals surface area contributed by atoms with Gasteiger partial charge in [-0.2, -0.15) is 13.2 Å². The van der Waals surface area contributed by atoms with E-state index in [1.807, 2.05) is 0 Å². The van der Waals surface area contributed by atoms with Gasteiger partial charge in [-0.1, -0.05) is 0 Å². The molecule has 0 spiro atoms. The van der Waals surface area contributed by atoms with E-state index >= 15 is 0 Å². The molecular formula is C7H8F3NO. The molecular weight excluding hydrogens is 171 g/mol. The van der Waals surface area contributed by atoms with Gasteiger partial charge in [-0.25, -0.2) is 0 Å². The van der Waals surface area contributed by atoms with Crippen LogP contribution in [0.3, 0.4) is 0 Å². The minimum absolute atomic E-state index is 0.135. The van der Waals surface area contributed by atoms with E-state index in [0.29, 0.717) is 0 Å².